The molecule has 0 saturated heterocycles. The molecular formula is C13H12BrNO4. The minimum absolute atomic E-state index is 0.298. The molecular weight excluding hydrogens is 314 g/mol. The normalized spacial score (nSPS) is 12.8. The molecule has 0 aliphatic rings. The molecule has 0 saturated carbocycles. The molecule has 5 nitrogen and oxygen atoms in total. The minimum Gasteiger partial charge on any atom is -0.480 e. The van der Waals surface area contributed by atoms with Gasteiger partial charge in [-0.05, 0) is 36.0 Å². The molecule has 0 unspecified atom stereocenters. The number of hydrogen-bond acceptors (Lipinski definition) is 3. The van der Waals surface area contributed by atoms with Crippen molar-refractivity contribution in [3.63, 3.8) is 0 Å². The first-order chi connectivity index (χ1) is 8.95. The number of carboxylic acid groups (broad SMARTS) is 1. The Hall–Kier alpha value is -1.84. The number of carbonyl (C=O) groups excluding carboxylic acids is 1. The summed E-state index contributed by atoms with van der Waals surface area (Å²) in [4.78, 5) is 25.2. The highest BCUT2D eigenvalue weighted by Gasteiger charge is 2.25. The SMILES string of the molecule is C[C@H](O)[C@@H](NC(=O)c1ccc(C#CBr)cc1)C(=O)O. The standard InChI is InChI=1S/C13H12BrNO4/c1-8(16)11(13(18)19)15-12(17)10-4-2-9(3-5-10)6-7-14/h2-5,8,11,16H,1H3,(H,15,17)(H,18,19)/t8-,11+/m0/s1. The quantitative estimate of drug-likeness (QED) is 0.719. The van der Waals surface area contributed by atoms with Gasteiger partial charge in [-0.25, -0.2) is 4.79 Å². The molecule has 0 heterocycles. The number of aliphatic hydroxyl groups excluding tert-OH is 1. The van der Waals surface area contributed by atoms with E-state index in [-0.39, 0.29) is 0 Å². The van der Waals surface area contributed by atoms with Gasteiger partial charge in [0.15, 0.2) is 6.04 Å². The molecule has 0 spiro atoms. The molecule has 0 radical (unpaired) electrons. The molecule has 100 valence electrons. The summed E-state index contributed by atoms with van der Waals surface area (Å²) in [6.07, 6.45) is -1.18. The van der Waals surface area contributed by atoms with Gasteiger partial charge in [-0.3, -0.25) is 4.79 Å². The summed E-state index contributed by atoms with van der Waals surface area (Å²) in [7, 11) is 0. The van der Waals surface area contributed by atoms with Crippen molar-refractivity contribution >= 4 is 27.8 Å². The Morgan fingerprint density at radius 2 is 1.89 bits per heavy atom. The van der Waals surface area contributed by atoms with Gasteiger partial charge in [-0.2, -0.15) is 0 Å². The maximum Gasteiger partial charge on any atom is 0.328 e. The Balaban J connectivity index is 2.82. The number of aliphatic hydroxyl groups is 1. The number of amides is 1. The van der Waals surface area contributed by atoms with E-state index >= 15 is 0 Å². The van der Waals surface area contributed by atoms with Crippen LogP contribution in [-0.2, 0) is 4.79 Å². The molecule has 0 fully saturated rings. The first-order valence-electron chi connectivity index (χ1n) is 5.39. The second kappa shape index (κ2) is 6.92. The fraction of sp³-hybridized carbons (Fsp3) is 0.231. The average molecular weight is 326 g/mol. The topological polar surface area (TPSA) is 86.6 Å². The summed E-state index contributed by atoms with van der Waals surface area (Å²) >= 11 is 2.96. The predicted molar refractivity (Wildman–Crippen MR) is 72.8 cm³/mol. The van der Waals surface area contributed by atoms with Gasteiger partial charge in [0.25, 0.3) is 5.91 Å². The number of rotatable bonds is 4. The first kappa shape index (κ1) is 15.2. The Bertz CT molecular complexity index is 528. The zero-order valence-electron chi connectivity index (χ0n) is 10.1. The van der Waals surface area contributed by atoms with E-state index in [0.29, 0.717) is 5.56 Å². The van der Waals surface area contributed by atoms with E-state index in [1.165, 1.54) is 19.1 Å². The van der Waals surface area contributed by atoms with Gasteiger partial charge in [-0.1, -0.05) is 5.92 Å². The van der Waals surface area contributed by atoms with Crippen LogP contribution in [0.5, 0.6) is 0 Å². The lowest BCUT2D eigenvalue weighted by Crippen LogP contribution is -2.47. The average Bonchev–Trinajstić information content (AvgIpc) is 2.36. The number of carbonyl (C=O) groups is 2. The first-order valence-corrected chi connectivity index (χ1v) is 6.18. The van der Waals surface area contributed by atoms with Gasteiger partial charge < -0.3 is 15.5 Å². The maximum atomic E-state index is 11.8. The summed E-state index contributed by atoms with van der Waals surface area (Å²) in [5, 5.41) is 20.4. The third kappa shape index (κ3) is 4.39. The fourth-order valence-corrected chi connectivity index (χ4v) is 1.60. The fourth-order valence-electron chi connectivity index (χ4n) is 1.37. The van der Waals surface area contributed by atoms with Crippen LogP contribution in [0.3, 0.4) is 0 Å². The molecule has 0 aliphatic heterocycles. The molecule has 0 bridgehead atoms. The van der Waals surface area contributed by atoms with Crippen LogP contribution < -0.4 is 5.32 Å². The molecule has 19 heavy (non-hydrogen) atoms. The number of aliphatic carboxylic acids is 1. The zero-order valence-corrected chi connectivity index (χ0v) is 11.6. The highest BCUT2D eigenvalue weighted by atomic mass is 79.9. The molecule has 2 atom stereocenters. The van der Waals surface area contributed by atoms with Gasteiger partial charge in [0.05, 0.1) is 6.10 Å². The van der Waals surface area contributed by atoms with E-state index in [1.807, 2.05) is 0 Å². The van der Waals surface area contributed by atoms with Crippen LogP contribution in [0, 0.1) is 10.8 Å². The largest absolute Gasteiger partial charge is 0.480 e. The number of nitrogens with one attached hydrogen (secondary N) is 1. The van der Waals surface area contributed by atoms with E-state index in [1.54, 1.807) is 12.1 Å². The molecule has 0 aromatic heterocycles. The number of hydrogen-bond donors (Lipinski definition) is 3. The van der Waals surface area contributed by atoms with Crippen LogP contribution in [0.4, 0.5) is 0 Å². The monoisotopic (exact) mass is 325 g/mol. The summed E-state index contributed by atoms with van der Waals surface area (Å²) in [6, 6.07) is 5.00. The number of halogens is 1. The molecule has 1 amide bonds. The second-order valence-electron chi connectivity index (χ2n) is 3.83. The Morgan fingerprint density at radius 1 is 1.32 bits per heavy atom. The minimum atomic E-state index is -1.34. The molecule has 0 aliphatic carbocycles. The van der Waals surface area contributed by atoms with Crippen molar-refractivity contribution in [2.45, 2.75) is 19.1 Å². The highest BCUT2D eigenvalue weighted by Crippen LogP contribution is 2.05. The second-order valence-corrected chi connectivity index (χ2v) is 4.22. The van der Waals surface area contributed by atoms with E-state index in [0.717, 1.165) is 5.56 Å². The molecule has 1 rings (SSSR count). The Morgan fingerprint density at radius 3 is 2.32 bits per heavy atom. The maximum absolute atomic E-state index is 11.8. The van der Waals surface area contributed by atoms with E-state index in [2.05, 4.69) is 32.0 Å². The van der Waals surface area contributed by atoms with Gasteiger partial charge in [-0.15, -0.1) is 0 Å². The Kier molecular flexibility index (Phi) is 5.55. The lowest BCUT2D eigenvalue weighted by Gasteiger charge is -2.16. The third-order valence-corrected chi connectivity index (χ3v) is 2.57. The highest BCUT2D eigenvalue weighted by molar-refractivity contribution is 9.12. The summed E-state index contributed by atoms with van der Waals surface area (Å²) < 4.78 is 0. The van der Waals surface area contributed by atoms with Crippen molar-refractivity contribution in [1.82, 2.24) is 5.32 Å². The lowest BCUT2D eigenvalue weighted by molar-refractivity contribution is -0.141. The van der Waals surface area contributed by atoms with Crippen molar-refractivity contribution in [1.29, 1.82) is 0 Å². The van der Waals surface area contributed by atoms with Crippen molar-refractivity contribution in [2.75, 3.05) is 0 Å². The van der Waals surface area contributed by atoms with Gasteiger partial charge in [0.1, 0.15) is 0 Å². The van der Waals surface area contributed by atoms with Crippen LogP contribution >= 0.6 is 15.9 Å². The third-order valence-electron chi connectivity index (χ3n) is 2.37. The smallest absolute Gasteiger partial charge is 0.328 e. The van der Waals surface area contributed by atoms with Crippen LogP contribution in [0.15, 0.2) is 24.3 Å². The Labute approximate surface area is 118 Å². The predicted octanol–water partition coefficient (Wildman–Crippen LogP) is 0.954. The molecule has 1 aromatic rings. The van der Waals surface area contributed by atoms with Crippen LogP contribution in [-0.4, -0.2) is 34.2 Å². The van der Waals surface area contributed by atoms with Crippen molar-refractivity contribution < 1.29 is 19.8 Å². The van der Waals surface area contributed by atoms with Crippen LogP contribution in [0.2, 0.25) is 0 Å². The van der Waals surface area contributed by atoms with E-state index in [9.17, 15) is 14.7 Å². The van der Waals surface area contributed by atoms with Crippen LogP contribution in [0.25, 0.3) is 0 Å². The van der Waals surface area contributed by atoms with E-state index in [4.69, 9.17) is 5.11 Å². The van der Waals surface area contributed by atoms with Gasteiger partial charge in [0.2, 0.25) is 0 Å². The van der Waals surface area contributed by atoms with Crippen molar-refractivity contribution in [3.05, 3.63) is 35.4 Å². The van der Waals surface area contributed by atoms with Crippen LogP contribution in [0.1, 0.15) is 22.8 Å². The summed E-state index contributed by atoms with van der Waals surface area (Å²) in [5.74, 6) is 0.902. The molecule has 1 aromatic carbocycles. The number of carboxylic acids is 1. The zero-order chi connectivity index (χ0) is 14.4. The van der Waals surface area contributed by atoms with Gasteiger partial charge in [0, 0.05) is 27.1 Å². The summed E-state index contributed by atoms with van der Waals surface area (Å²) in [5.41, 5.74) is 1.02. The lowest BCUT2D eigenvalue weighted by atomic mass is 10.1. The number of benzene rings is 1. The van der Waals surface area contributed by atoms with Crippen molar-refractivity contribution in [3.8, 4) is 10.8 Å². The van der Waals surface area contributed by atoms with Crippen molar-refractivity contribution in [2.24, 2.45) is 0 Å². The molecule has 6 heteroatoms. The van der Waals surface area contributed by atoms with Gasteiger partial charge >= 0.3 is 5.97 Å². The molecule has 3 N–H and O–H groups in total. The summed E-state index contributed by atoms with van der Waals surface area (Å²) in [6.45, 7) is 1.30. The van der Waals surface area contributed by atoms with E-state index < -0.39 is 24.0 Å².